The number of aryl methyl sites for hydroxylation is 1. The fourth-order valence-corrected chi connectivity index (χ4v) is 2.10. The first-order chi connectivity index (χ1) is 8.88. The average Bonchev–Trinajstić information content (AvgIpc) is 2.32. The van der Waals surface area contributed by atoms with Crippen molar-refractivity contribution in [2.45, 2.75) is 6.92 Å². The van der Waals surface area contributed by atoms with Crippen LogP contribution in [0.15, 0.2) is 28.7 Å². The van der Waals surface area contributed by atoms with E-state index >= 15 is 0 Å². The second-order valence-corrected chi connectivity index (χ2v) is 5.32. The maximum atomic E-state index is 13.3. The minimum atomic E-state index is -0.582. The van der Waals surface area contributed by atoms with Gasteiger partial charge in [0.05, 0.1) is 20.9 Å². The molecule has 2 aromatic rings. The van der Waals surface area contributed by atoms with Gasteiger partial charge in [-0.25, -0.2) is 8.78 Å². The predicted octanol–water partition coefficient (Wildman–Crippen LogP) is 5.01. The molecule has 0 heterocycles. The van der Waals surface area contributed by atoms with Crippen molar-refractivity contribution in [2.24, 2.45) is 0 Å². The molecule has 0 atom stereocenters. The third kappa shape index (κ3) is 2.98. The molecule has 0 aromatic heterocycles. The van der Waals surface area contributed by atoms with Crippen LogP contribution in [0.3, 0.4) is 0 Å². The maximum absolute atomic E-state index is 13.3. The standard InChI is InChI=1S/C13H10BrClF2N2/c1-6-2-9(16)7(14)3-12(6)19-13-4-8(15)10(17)5-11(13)18/h2-5,19H,18H2,1H3. The molecule has 2 rings (SSSR count). The van der Waals surface area contributed by atoms with Crippen molar-refractivity contribution in [2.75, 3.05) is 11.1 Å². The van der Waals surface area contributed by atoms with Crippen LogP contribution in [0.4, 0.5) is 25.8 Å². The van der Waals surface area contributed by atoms with Crippen LogP contribution in [-0.2, 0) is 0 Å². The summed E-state index contributed by atoms with van der Waals surface area (Å²) in [4.78, 5) is 0. The molecule has 0 saturated heterocycles. The summed E-state index contributed by atoms with van der Waals surface area (Å²) in [7, 11) is 0. The van der Waals surface area contributed by atoms with Crippen molar-refractivity contribution in [1.82, 2.24) is 0 Å². The number of nitrogens with one attached hydrogen (secondary N) is 1. The molecule has 2 aromatic carbocycles. The van der Waals surface area contributed by atoms with E-state index in [0.29, 0.717) is 21.4 Å². The van der Waals surface area contributed by atoms with Crippen LogP contribution in [0.25, 0.3) is 0 Å². The summed E-state index contributed by atoms with van der Waals surface area (Å²) in [6, 6.07) is 5.50. The normalized spacial score (nSPS) is 10.6. The summed E-state index contributed by atoms with van der Waals surface area (Å²) in [6.45, 7) is 1.75. The number of hydrogen-bond donors (Lipinski definition) is 2. The van der Waals surface area contributed by atoms with Crippen molar-refractivity contribution >= 4 is 44.6 Å². The zero-order valence-corrected chi connectivity index (χ0v) is 12.2. The van der Waals surface area contributed by atoms with E-state index in [1.54, 1.807) is 13.0 Å². The predicted molar refractivity (Wildman–Crippen MR) is 77.9 cm³/mol. The van der Waals surface area contributed by atoms with Gasteiger partial charge in [0.25, 0.3) is 0 Å². The lowest BCUT2D eigenvalue weighted by molar-refractivity contribution is 0.620. The monoisotopic (exact) mass is 346 g/mol. The molecule has 3 N–H and O–H groups in total. The highest BCUT2D eigenvalue weighted by Crippen LogP contribution is 2.32. The Morgan fingerprint density at radius 3 is 2.47 bits per heavy atom. The Labute approximate surface area is 122 Å². The van der Waals surface area contributed by atoms with E-state index in [1.165, 1.54) is 12.1 Å². The van der Waals surface area contributed by atoms with E-state index in [0.717, 1.165) is 6.07 Å². The van der Waals surface area contributed by atoms with Crippen molar-refractivity contribution < 1.29 is 8.78 Å². The summed E-state index contributed by atoms with van der Waals surface area (Å²) in [5, 5.41) is 2.97. The van der Waals surface area contributed by atoms with E-state index in [9.17, 15) is 8.78 Å². The Morgan fingerprint density at radius 2 is 1.79 bits per heavy atom. The highest BCUT2D eigenvalue weighted by atomic mass is 79.9. The van der Waals surface area contributed by atoms with Gasteiger partial charge in [0.15, 0.2) is 0 Å². The summed E-state index contributed by atoms with van der Waals surface area (Å²) in [5.41, 5.74) is 7.75. The van der Waals surface area contributed by atoms with Crippen LogP contribution in [-0.4, -0.2) is 0 Å². The molecule has 0 fully saturated rings. The van der Waals surface area contributed by atoms with E-state index < -0.39 is 5.82 Å². The van der Waals surface area contributed by atoms with Gasteiger partial charge >= 0.3 is 0 Å². The van der Waals surface area contributed by atoms with E-state index in [1.807, 2.05) is 0 Å². The van der Waals surface area contributed by atoms with Gasteiger partial charge in [0.1, 0.15) is 11.6 Å². The van der Waals surface area contributed by atoms with Crippen molar-refractivity contribution in [3.8, 4) is 0 Å². The number of anilines is 3. The van der Waals surface area contributed by atoms with Gasteiger partial charge in [-0.05, 0) is 46.6 Å². The lowest BCUT2D eigenvalue weighted by atomic mass is 10.1. The van der Waals surface area contributed by atoms with Gasteiger partial charge in [-0.3, -0.25) is 0 Å². The lowest BCUT2D eigenvalue weighted by Gasteiger charge is -2.13. The molecule has 0 spiro atoms. The molecule has 0 bridgehead atoms. The fraction of sp³-hybridized carbons (Fsp3) is 0.0769. The number of rotatable bonds is 2. The molecular weight excluding hydrogens is 338 g/mol. The molecule has 100 valence electrons. The first-order valence-corrected chi connectivity index (χ1v) is 6.52. The Balaban J connectivity index is 2.42. The third-order valence-electron chi connectivity index (χ3n) is 2.63. The smallest absolute Gasteiger partial charge is 0.143 e. The minimum absolute atomic E-state index is 0.0319. The van der Waals surface area contributed by atoms with Gasteiger partial charge in [0.2, 0.25) is 0 Å². The van der Waals surface area contributed by atoms with E-state index in [-0.39, 0.29) is 16.5 Å². The van der Waals surface area contributed by atoms with Crippen LogP contribution in [0.5, 0.6) is 0 Å². The molecule has 19 heavy (non-hydrogen) atoms. The quantitative estimate of drug-likeness (QED) is 0.749. The van der Waals surface area contributed by atoms with Crippen molar-refractivity contribution in [1.29, 1.82) is 0 Å². The largest absolute Gasteiger partial charge is 0.397 e. The van der Waals surface area contributed by atoms with E-state index in [2.05, 4.69) is 21.2 Å². The van der Waals surface area contributed by atoms with Crippen molar-refractivity contribution in [3.63, 3.8) is 0 Å². The van der Waals surface area contributed by atoms with Crippen molar-refractivity contribution in [3.05, 3.63) is 51.0 Å². The highest BCUT2D eigenvalue weighted by molar-refractivity contribution is 9.10. The number of halogens is 4. The molecule has 0 amide bonds. The molecule has 0 aliphatic carbocycles. The number of nitrogens with two attached hydrogens (primary N) is 1. The zero-order chi connectivity index (χ0) is 14.2. The van der Waals surface area contributed by atoms with Crippen LogP contribution in [0, 0.1) is 18.6 Å². The molecule has 6 heteroatoms. The second-order valence-electron chi connectivity index (χ2n) is 4.06. The van der Waals surface area contributed by atoms with Gasteiger partial charge in [-0.1, -0.05) is 11.6 Å². The van der Waals surface area contributed by atoms with Gasteiger partial charge < -0.3 is 11.1 Å². The molecule has 2 nitrogen and oxygen atoms in total. The highest BCUT2D eigenvalue weighted by Gasteiger charge is 2.09. The molecule has 0 aliphatic rings. The van der Waals surface area contributed by atoms with Gasteiger partial charge in [-0.15, -0.1) is 0 Å². The molecular formula is C13H10BrClF2N2. The Kier molecular flexibility index (Phi) is 3.96. The molecule has 0 unspecified atom stereocenters. The second kappa shape index (κ2) is 5.35. The van der Waals surface area contributed by atoms with Gasteiger partial charge in [0, 0.05) is 11.8 Å². The first kappa shape index (κ1) is 14.1. The van der Waals surface area contributed by atoms with E-state index in [4.69, 9.17) is 17.3 Å². The Bertz CT molecular complexity index is 592. The topological polar surface area (TPSA) is 38.0 Å². The molecule has 0 aliphatic heterocycles. The fourth-order valence-electron chi connectivity index (χ4n) is 1.60. The summed E-state index contributed by atoms with van der Waals surface area (Å²) < 4.78 is 26.8. The third-order valence-corrected chi connectivity index (χ3v) is 3.53. The van der Waals surface area contributed by atoms with Crippen LogP contribution in [0.1, 0.15) is 5.56 Å². The first-order valence-electron chi connectivity index (χ1n) is 5.35. The summed E-state index contributed by atoms with van der Waals surface area (Å²) >= 11 is 8.81. The van der Waals surface area contributed by atoms with Crippen LogP contribution >= 0.6 is 27.5 Å². The molecule has 0 saturated carbocycles. The number of nitrogen functional groups attached to an aromatic ring is 1. The SMILES string of the molecule is Cc1cc(F)c(Br)cc1Nc1cc(Cl)c(F)cc1N. The Morgan fingerprint density at radius 1 is 1.11 bits per heavy atom. The average molecular weight is 348 g/mol. The van der Waals surface area contributed by atoms with Crippen LogP contribution in [0.2, 0.25) is 5.02 Å². The maximum Gasteiger partial charge on any atom is 0.143 e. The van der Waals surface area contributed by atoms with Crippen LogP contribution < -0.4 is 11.1 Å². The number of benzene rings is 2. The van der Waals surface area contributed by atoms with Gasteiger partial charge in [-0.2, -0.15) is 0 Å². The minimum Gasteiger partial charge on any atom is -0.397 e. The summed E-state index contributed by atoms with van der Waals surface area (Å²) in [6.07, 6.45) is 0. The zero-order valence-electron chi connectivity index (χ0n) is 9.90. The Hall–Kier alpha value is -1.33. The molecule has 0 radical (unpaired) electrons. The lowest BCUT2D eigenvalue weighted by Crippen LogP contribution is -1.99. The number of hydrogen-bond acceptors (Lipinski definition) is 2. The summed E-state index contributed by atoms with van der Waals surface area (Å²) in [5.74, 6) is -0.935.